The third-order valence-electron chi connectivity index (χ3n) is 2.69. The molecule has 21 heavy (non-hydrogen) atoms. The van der Waals surface area contributed by atoms with Crippen molar-refractivity contribution in [1.82, 2.24) is 9.55 Å². The van der Waals surface area contributed by atoms with Gasteiger partial charge in [0.15, 0.2) is 5.16 Å². The van der Waals surface area contributed by atoms with Crippen LogP contribution in [-0.2, 0) is 11.2 Å². The van der Waals surface area contributed by atoms with E-state index in [4.69, 9.17) is 28.3 Å². The molecule has 0 aliphatic carbocycles. The van der Waals surface area contributed by atoms with Crippen LogP contribution in [0.1, 0.15) is 12.6 Å². The SMILES string of the molecule is CCc1cnc(SCC(=O)O)n1-c1c(Cl)cc(F)cc1Cl. The smallest absolute Gasteiger partial charge is 0.313 e. The number of aryl methyl sites for hydroxylation is 1. The zero-order chi connectivity index (χ0) is 15.6. The van der Waals surface area contributed by atoms with E-state index in [1.807, 2.05) is 6.92 Å². The van der Waals surface area contributed by atoms with E-state index in [1.54, 1.807) is 10.8 Å². The molecule has 0 fully saturated rings. The first kappa shape index (κ1) is 16.1. The Labute approximate surface area is 134 Å². The summed E-state index contributed by atoms with van der Waals surface area (Å²) in [6, 6.07) is 2.32. The van der Waals surface area contributed by atoms with Crippen LogP contribution in [-0.4, -0.2) is 26.4 Å². The molecular weight excluding hydrogens is 338 g/mol. The van der Waals surface area contributed by atoms with Gasteiger partial charge in [-0.15, -0.1) is 0 Å². The average molecular weight is 349 g/mol. The molecule has 8 heteroatoms. The lowest BCUT2D eigenvalue weighted by molar-refractivity contribution is -0.133. The van der Waals surface area contributed by atoms with E-state index in [2.05, 4.69) is 4.98 Å². The summed E-state index contributed by atoms with van der Waals surface area (Å²) in [4.78, 5) is 14.9. The Morgan fingerprint density at radius 3 is 2.57 bits per heavy atom. The zero-order valence-electron chi connectivity index (χ0n) is 10.9. The second-order valence-electron chi connectivity index (χ2n) is 4.12. The summed E-state index contributed by atoms with van der Waals surface area (Å²) in [6.45, 7) is 1.92. The van der Waals surface area contributed by atoms with E-state index in [0.717, 1.165) is 29.6 Å². The molecule has 2 rings (SSSR count). The van der Waals surface area contributed by atoms with E-state index < -0.39 is 11.8 Å². The second-order valence-corrected chi connectivity index (χ2v) is 5.88. The minimum Gasteiger partial charge on any atom is -0.481 e. The normalized spacial score (nSPS) is 10.9. The maximum atomic E-state index is 13.3. The van der Waals surface area contributed by atoms with Crippen LogP contribution in [0, 0.1) is 5.82 Å². The highest BCUT2D eigenvalue weighted by Gasteiger charge is 2.18. The van der Waals surface area contributed by atoms with Crippen LogP contribution in [0.15, 0.2) is 23.5 Å². The number of hydrogen-bond acceptors (Lipinski definition) is 3. The molecule has 0 bridgehead atoms. The van der Waals surface area contributed by atoms with Gasteiger partial charge < -0.3 is 5.11 Å². The Hall–Kier alpha value is -1.24. The van der Waals surface area contributed by atoms with Crippen molar-refractivity contribution in [2.24, 2.45) is 0 Å². The molecule has 0 atom stereocenters. The number of benzene rings is 1. The highest BCUT2D eigenvalue weighted by atomic mass is 35.5. The quantitative estimate of drug-likeness (QED) is 0.828. The van der Waals surface area contributed by atoms with Crippen molar-refractivity contribution in [3.63, 3.8) is 0 Å². The monoisotopic (exact) mass is 348 g/mol. The summed E-state index contributed by atoms with van der Waals surface area (Å²) in [5.74, 6) is -1.63. The van der Waals surface area contributed by atoms with Gasteiger partial charge in [0.25, 0.3) is 0 Å². The molecular formula is C13H11Cl2FN2O2S. The fourth-order valence-electron chi connectivity index (χ4n) is 1.83. The van der Waals surface area contributed by atoms with Crippen molar-refractivity contribution >= 4 is 40.9 Å². The number of rotatable bonds is 5. The molecule has 1 N–H and O–H groups in total. The fraction of sp³-hybridized carbons (Fsp3) is 0.231. The van der Waals surface area contributed by atoms with E-state index in [1.165, 1.54) is 0 Å². The Morgan fingerprint density at radius 2 is 2.05 bits per heavy atom. The van der Waals surface area contributed by atoms with Crippen molar-refractivity contribution in [2.75, 3.05) is 5.75 Å². The Balaban J connectivity index is 2.56. The molecule has 0 spiro atoms. The van der Waals surface area contributed by atoms with Crippen LogP contribution >= 0.6 is 35.0 Å². The van der Waals surface area contributed by atoms with Gasteiger partial charge in [0.1, 0.15) is 5.82 Å². The molecule has 0 amide bonds. The molecule has 1 heterocycles. The van der Waals surface area contributed by atoms with Gasteiger partial charge in [0.2, 0.25) is 0 Å². The fourth-order valence-corrected chi connectivity index (χ4v) is 3.18. The highest BCUT2D eigenvalue weighted by Crippen LogP contribution is 2.34. The average Bonchev–Trinajstić information content (AvgIpc) is 2.78. The maximum Gasteiger partial charge on any atom is 0.313 e. The van der Waals surface area contributed by atoms with Crippen LogP contribution < -0.4 is 0 Å². The predicted octanol–water partition coefficient (Wildman–Crippen LogP) is 4.06. The van der Waals surface area contributed by atoms with Crippen molar-refractivity contribution in [3.8, 4) is 5.69 Å². The Kier molecular flexibility index (Phi) is 5.13. The first-order chi connectivity index (χ1) is 9.93. The molecule has 0 aliphatic rings. The number of carboxylic acid groups (broad SMARTS) is 1. The number of aliphatic carboxylic acids is 1. The first-order valence-corrected chi connectivity index (χ1v) is 7.74. The summed E-state index contributed by atoms with van der Waals surface area (Å²) >= 11 is 13.2. The predicted molar refractivity (Wildman–Crippen MR) is 81.3 cm³/mol. The Bertz CT molecular complexity index is 668. The summed E-state index contributed by atoms with van der Waals surface area (Å²) in [7, 11) is 0. The van der Waals surface area contributed by atoms with Crippen LogP contribution in [0.4, 0.5) is 4.39 Å². The van der Waals surface area contributed by atoms with Gasteiger partial charge >= 0.3 is 5.97 Å². The van der Waals surface area contributed by atoms with Crippen LogP contribution in [0.3, 0.4) is 0 Å². The van der Waals surface area contributed by atoms with Crippen LogP contribution in [0.2, 0.25) is 10.0 Å². The van der Waals surface area contributed by atoms with Crippen molar-refractivity contribution < 1.29 is 14.3 Å². The molecule has 0 saturated carbocycles. The van der Waals surface area contributed by atoms with Gasteiger partial charge in [-0.05, 0) is 18.6 Å². The third kappa shape index (κ3) is 3.51. The zero-order valence-corrected chi connectivity index (χ0v) is 13.3. The van der Waals surface area contributed by atoms with Gasteiger partial charge in [-0.1, -0.05) is 41.9 Å². The number of carboxylic acids is 1. The molecule has 0 saturated heterocycles. The lowest BCUT2D eigenvalue weighted by Gasteiger charge is -2.14. The molecule has 2 aromatic rings. The highest BCUT2D eigenvalue weighted by molar-refractivity contribution is 7.99. The summed E-state index contributed by atoms with van der Waals surface area (Å²) < 4.78 is 15.0. The second kappa shape index (κ2) is 6.68. The van der Waals surface area contributed by atoms with E-state index in [9.17, 15) is 9.18 Å². The van der Waals surface area contributed by atoms with E-state index in [-0.39, 0.29) is 15.8 Å². The largest absolute Gasteiger partial charge is 0.481 e. The number of imidazole rings is 1. The molecule has 1 aromatic heterocycles. The van der Waals surface area contributed by atoms with Crippen molar-refractivity contribution in [3.05, 3.63) is 39.9 Å². The van der Waals surface area contributed by atoms with Gasteiger partial charge in [0.05, 0.1) is 21.5 Å². The molecule has 1 aromatic carbocycles. The summed E-state index contributed by atoms with van der Waals surface area (Å²) in [5, 5.41) is 9.52. The summed E-state index contributed by atoms with van der Waals surface area (Å²) in [6.07, 6.45) is 2.27. The maximum absolute atomic E-state index is 13.3. The molecule has 0 unspecified atom stereocenters. The van der Waals surface area contributed by atoms with E-state index >= 15 is 0 Å². The topological polar surface area (TPSA) is 55.1 Å². The minimum absolute atomic E-state index is 0.142. The number of hydrogen-bond donors (Lipinski definition) is 1. The summed E-state index contributed by atoms with van der Waals surface area (Å²) in [5.41, 5.74) is 1.21. The Morgan fingerprint density at radius 1 is 1.43 bits per heavy atom. The molecule has 112 valence electrons. The lowest BCUT2D eigenvalue weighted by Crippen LogP contribution is -2.05. The third-order valence-corrected chi connectivity index (χ3v) is 4.21. The van der Waals surface area contributed by atoms with Crippen LogP contribution in [0.5, 0.6) is 0 Å². The van der Waals surface area contributed by atoms with Crippen molar-refractivity contribution in [1.29, 1.82) is 0 Å². The number of thioether (sulfide) groups is 1. The van der Waals surface area contributed by atoms with Gasteiger partial charge in [-0.25, -0.2) is 9.37 Å². The molecule has 0 aliphatic heterocycles. The number of halogens is 3. The van der Waals surface area contributed by atoms with Crippen molar-refractivity contribution in [2.45, 2.75) is 18.5 Å². The lowest BCUT2D eigenvalue weighted by atomic mass is 10.2. The van der Waals surface area contributed by atoms with Gasteiger partial charge in [-0.2, -0.15) is 0 Å². The number of carbonyl (C=O) groups is 1. The standard InChI is InChI=1S/C13H11Cl2FN2O2S/c1-2-8-5-17-13(21-6-11(19)20)18(8)12-9(14)3-7(16)4-10(12)15/h3-5H,2,6H2,1H3,(H,19,20). The minimum atomic E-state index is -0.955. The van der Waals surface area contributed by atoms with Gasteiger partial charge in [-0.3, -0.25) is 9.36 Å². The molecule has 0 radical (unpaired) electrons. The van der Waals surface area contributed by atoms with Crippen LogP contribution in [0.25, 0.3) is 5.69 Å². The number of nitrogens with zero attached hydrogens (tertiary/aromatic N) is 2. The first-order valence-electron chi connectivity index (χ1n) is 6.00. The van der Waals surface area contributed by atoms with Gasteiger partial charge in [0, 0.05) is 11.9 Å². The number of aromatic nitrogens is 2. The molecule has 4 nitrogen and oxygen atoms in total. The van der Waals surface area contributed by atoms with E-state index in [0.29, 0.717) is 17.3 Å².